The van der Waals surface area contributed by atoms with E-state index >= 15 is 0 Å². The van der Waals surface area contributed by atoms with E-state index in [1.807, 2.05) is 12.1 Å². The van der Waals surface area contributed by atoms with Gasteiger partial charge in [-0.25, -0.2) is 0 Å². The van der Waals surface area contributed by atoms with Crippen LogP contribution in [0.2, 0.25) is 0 Å². The van der Waals surface area contributed by atoms with Crippen LogP contribution in [0.5, 0.6) is 0 Å². The van der Waals surface area contributed by atoms with Gasteiger partial charge in [-0.3, -0.25) is 4.79 Å². The summed E-state index contributed by atoms with van der Waals surface area (Å²) in [5, 5.41) is 38.2. The van der Waals surface area contributed by atoms with Crippen LogP contribution in [-0.2, 0) is 9.53 Å². The van der Waals surface area contributed by atoms with Gasteiger partial charge in [0.1, 0.15) is 5.78 Å². The zero-order valence-corrected chi connectivity index (χ0v) is 12.1. The zero-order valence-electron chi connectivity index (χ0n) is 12.1. The molecule has 1 rings (SSSR count). The Labute approximate surface area is 124 Å². The molecule has 6 nitrogen and oxygen atoms in total. The lowest BCUT2D eigenvalue weighted by Crippen LogP contribution is -2.57. The van der Waals surface area contributed by atoms with Gasteiger partial charge in [-0.1, -0.05) is 6.92 Å². The van der Waals surface area contributed by atoms with Gasteiger partial charge in [0, 0.05) is 13.0 Å². The van der Waals surface area contributed by atoms with E-state index < -0.39 is 22.9 Å². The molecule has 0 saturated heterocycles. The second-order valence-corrected chi connectivity index (χ2v) is 4.96. The molecule has 0 unspecified atom stereocenters. The molecule has 1 aliphatic carbocycles. The Morgan fingerprint density at radius 1 is 1.05 bits per heavy atom. The number of nitrogens with zero attached hydrogens (tertiary/aromatic N) is 4. The number of hydrogen-bond donors (Lipinski definition) is 0. The van der Waals surface area contributed by atoms with Crippen LogP contribution in [-0.4, -0.2) is 18.5 Å². The highest BCUT2D eigenvalue weighted by atomic mass is 16.5. The first-order valence-electron chi connectivity index (χ1n) is 6.82. The predicted molar refractivity (Wildman–Crippen MR) is 70.8 cm³/mol. The average Bonchev–Trinajstić information content (AvgIpc) is 2.53. The van der Waals surface area contributed by atoms with Crippen LogP contribution in [0.25, 0.3) is 0 Å². The number of ketones is 1. The number of carbonyl (C=O) groups excluding carboxylic acids is 1. The number of carbonyl (C=O) groups is 1. The molecule has 21 heavy (non-hydrogen) atoms. The van der Waals surface area contributed by atoms with Crippen LogP contribution in [0.1, 0.15) is 33.1 Å². The molecule has 0 aromatic heterocycles. The average molecular weight is 284 g/mol. The topological polar surface area (TPSA) is 121 Å². The molecule has 0 heterocycles. The van der Waals surface area contributed by atoms with Crippen LogP contribution in [0.4, 0.5) is 0 Å². The van der Waals surface area contributed by atoms with Crippen molar-refractivity contribution in [2.45, 2.75) is 39.2 Å². The van der Waals surface area contributed by atoms with E-state index in [-0.39, 0.29) is 25.2 Å². The SMILES string of the molecule is CCO[C@@H]1CC[C@@H](C(=O)CC)C(C#N)(C#N)C1(C#N)C#N. The van der Waals surface area contributed by atoms with Crippen LogP contribution in [0, 0.1) is 62.1 Å². The van der Waals surface area contributed by atoms with Crippen molar-refractivity contribution in [1.29, 1.82) is 21.0 Å². The van der Waals surface area contributed by atoms with E-state index in [0.29, 0.717) is 6.42 Å². The Morgan fingerprint density at radius 2 is 1.57 bits per heavy atom. The van der Waals surface area contributed by atoms with Crippen molar-refractivity contribution in [1.82, 2.24) is 0 Å². The van der Waals surface area contributed by atoms with Gasteiger partial charge in [-0.2, -0.15) is 21.0 Å². The van der Waals surface area contributed by atoms with Crippen molar-refractivity contribution in [2.24, 2.45) is 16.7 Å². The monoisotopic (exact) mass is 284 g/mol. The molecular formula is C15H16N4O2. The molecule has 2 atom stereocenters. The van der Waals surface area contributed by atoms with Crippen molar-refractivity contribution in [2.75, 3.05) is 6.61 Å². The molecular weight excluding hydrogens is 268 g/mol. The summed E-state index contributed by atoms with van der Waals surface area (Å²) in [7, 11) is 0. The molecule has 0 amide bonds. The second-order valence-electron chi connectivity index (χ2n) is 4.96. The summed E-state index contributed by atoms with van der Waals surface area (Å²) in [5.41, 5.74) is -3.96. The molecule has 108 valence electrons. The highest BCUT2D eigenvalue weighted by molar-refractivity contribution is 5.83. The lowest BCUT2D eigenvalue weighted by Gasteiger charge is -2.45. The molecule has 0 N–H and O–H groups in total. The summed E-state index contributed by atoms with van der Waals surface area (Å²) in [6, 6.07) is 7.25. The van der Waals surface area contributed by atoms with Gasteiger partial charge >= 0.3 is 0 Å². The van der Waals surface area contributed by atoms with Gasteiger partial charge in [0.05, 0.1) is 36.3 Å². The molecule has 0 aliphatic heterocycles. The maximum absolute atomic E-state index is 12.1. The standard InChI is InChI=1S/C15H16N4O2/c1-3-12(20)11-5-6-13(21-4-2)15(9-18,10-19)14(11,7-16)8-17/h11,13H,3-6H2,1-2H3/t11-,13+/m0/s1. The molecule has 0 radical (unpaired) electrons. The Balaban J connectivity index is 3.57. The number of ether oxygens (including phenoxy) is 1. The minimum atomic E-state index is -2.00. The van der Waals surface area contributed by atoms with E-state index in [2.05, 4.69) is 0 Å². The minimum absolute atomic E-state index is 0.155. The third-order valence-electron chi connectivity index (χ3n) is 4.16. The first kappa shape index (κ1) is 16.6. The fourth-order valence-electron chi connectivity index (χ4n) is 3.04. The van der Waals surface area contributed by atoms with Gasteiger partial charge in [-0.15, -0.1) is 0 Å². The van der Waals surface area contributed by atoms with Crippen molar-refractivity contribution < 1.29 is 9.53 Å². The van der Waals surface area contributed by atoms with Crippen molar-refractivity contribution in [3.05, 3.63) is 0 Å². The maximum Gasteiger partial charge on any atom is 0.201 e. The molecule has 0 spiro atoms. The van der Waals surface area contributed by atoms with E-state index in [9.17, 15) is 25.8 Å². The van der Waals surface area contributed by atoms with Crippen LogP contribution in [0.15, 0.2) is 0 Å². The van der Waals surface area contributed by atoms with Crippen molar-refractivity contribution in [3.63, 3.8) is 0 Å². The number of Topliss-reactive ketones (excluding diaryl/α,β-unsaturated/α-hetero) is 1. The molecule has 0 bridgehead atoms. The summed E-state index contributed by atoms with van der Waals surface area (Å²) >= 11 is 0. The van der Waals surface area contributed by atoms with E-state index in [4.69, 9.17) is 4.74 Å². The highest BCUT2D eigenvalue weighted by Gasteiger charge is 2.67. The first-order chi connectivity index (χ1) is 10.0. The predicted octanol–water partition coefficient (Wildman–Crippen LogP) is 1.85. The van der Waals surface area contributed by atoms with Crippen LogP contribution < -0.4 is 0 Å². The van der Waals surface area contributed by atoms with E-state index in [1.54, 1.807) is 26.0 Å². The minimum Gasteiger partial charge on any atom is -0.376 e. The largest absolute Gasteiger partial charge is 0.376 e. The first-order valence-corrected chi connectivity index (χ1v) is 6.82. The van der Waals surface area contributed by atoms with E-state index in [1.165, 1.54) is 0 Å². The Morgan fingerprint density at radius 3 is 1.95 bits per heavy atom. The second kappa shape index (κ2) is 6.36. The molecule has 6 heteroatoms. The van der Waals surface area contributed by atoms with E-state index in [0.717, 1.165) is 0 Å². The smallest absolute Gasteiger partial charge is 0.201 e. The molecule has 1 saturated carbocycles. The zero-order chi connectivity index (χ0) is 16.1. The number of rotatable bonds is 4. The molecule has 0 aromatic carbocycles. The Hall–Kier alpha value is -2.41. The van der Waals surface area contributed by atoms with Gasteiger partial charge in [0.25, 0.3) is 0 Å². The number of nitriles is 4. The Bertz CT molecular complexity index is 557. The third kappa shape index (κ3) is 2.15. The fraction of sp³-hybridized carbons (Fsp3) is 0.667. The third-order valence-corrected chi connectivity index (χ3v) is 4.16. The quantitative estimate of drug-likeness (QED) is 0.776. The van der Waals surface area contributed by atoms with Crippen molar-refractivity contribution in [3.8, 4) is 24.3 Å². The van der Waals surface area contributed by atoms with Crippen LogP contribution in [0.3, 0.4) is 0 Å². The summed E-state index contributed by atoms with van der Waals surface area (Å²) in [6.45, 7) is 3.61. The van der Waals surface area contributed by atoms with Crippen LogP contribution >= 0.6 is 0 Å². The molecule has 1 fully saturated rings. The van der Waals surface area contributed by atoms with Crippen molar-refractivity contribution >= 4 is 5.78 Å². The Kier molecular flexibility index (Phi) is 5.04. The highest BCUT2D eigenvalue weighted by Crippen LogP contribution is 2.54. The lowest BCUT2D eigenvalue weighted by atomic mass is 9.51. The molecule has 0 aromatic rings. The normalized spacial score (nSPS) is 25.6. The summed E-state index contributed by atoms with van der Waals surface area (Å²) in [6.07, 6.45) is -0.125. The van der Waals surface area contributed by atoms with Gasteiger partial charge < -0.3 is 4.74 Å². The summed E-state index contributed by atoms with van der Waals surface area (Å²) in [4.78, 5) is 12.1. The molecule has 1 aliphatic rings. The maximum atomic E-state index is 12.1. The number of hydrogen-bond acceptors (Lipinski definition) is 6. The summed E-state index contributed by atoms with van der Waals surface area (Å²) in [5.74, 6) is -1.21. The summed E-state index contributed by atoms with van der Waals surface area (Å²) < 4.78 is 5.44. The lowest BCUT2D eigenvalue weighted by molar-refractivity contribution is -0.133. The van der Waals surface area contributed by atoms with Gasteiger partial charge in [-0.05, 0) is 19.8 Å². The fourth-order valence-corrected chi connectivity index (χ4v) is 3.04. The van der Waals surface area contributed by atoms with Gasteiger partial charge in [0.2, 0.25) is 5.41 Å². The van der Waals surface area contributed by atoms with Gasteiger partial charge in [0.15, 0.2) is 5.41 Å².